The maximum Gasteiger partial charge on any atom is 0.289 e. The highest BCUT2D eigenvalue weighted by Crippen LogP contribution is 2.45. The summed E-state index contributed by atoms with van der Waals surface area (Å²) in [5.41, 5.74) is 0.642. The van der Waals surface area contributed by atoms with E-state index in [4.69, 9.17) is 9.47 Å². The number of phenols is 2. The molecule has 0 aromatic heterocycles. The molecule has 1 atom stereocenters. The van der Waals surface area contributed by atoms with Crippen LogP contribution in [0.15, 0.2) is 42.3 Å². The third-order valence-corrected chi connectivity index (χ3v) is 3.50. The highest BCUT2D eigenvalue weighted by Gasteiger charge is 2.31. The predicted octanol–water partition coefficient (Wildman–Crippen LogP) is 2.46. The van der Waals surface area contributed by atoms with Crippen LogP contribution in [0.3, 0.4) is 0 Å². The Kier molecular flexibility index (Phi) is 3.30. The minimum atomic E-state index is -1.20. The van der Waals surface area contributed by atoms with E-state index in [0.29, 0.717) is 11.3 Å². The van der Waals surface area contributed by atoms with Gasteiger partial charge in [0.2, 0.25) is 0 Å². The molecule has 1 aliphatic rings. The number of ether oxygens (including phenoxy) is 2. The third kappa shape index (κ3) is 2.19. The zero-order valence-corrected chi connectivity index (χ0v) is 11.6. The van der Waals surface area contributed by atoms with Crippen molar-refractivity contribution in [3.05, 3.63) is 53.5 Å². The lowest BCUT2D eigenvalue weighted by atomic mass is 9.93. The molecule has 0 spiro atoms. The highest BCUT2D eigenvalue weighted by atomic mass is 16.6. The Morgan fingerprint density at radius 1 is 1.05 bits per heavy atom. The van der Waals surface area contributed by atoms with E-state index in [1.54, 1.807) is 6.07 Å². The molecule has 0 unspecified atom stereocenters. The van der Waals surface area contributed by atoms with Gasteiger partial charge < -0.3 is 29.9 Å². The van der Waals surface area contributed by atoms with Gasteiger partial charge in [0.05, 0.1) is 12.7 Å². The van der Waals surface area contributed by atoms with E-state index in [2.05, 4.69) is 0 Å². The number of fused-ring (bicyclic) bond motifs is 1. The van der Waals surface area contributed by atoms with Crippen LogP contribution >= 0.6 is 0 Å². The number of hydrogen-bond donors (Lipinski definition) is 4. The van der Waals surface area contributed by atoms with Crippen LogP contribution in [0.25, 0.3) is 5.57 Å². The fourth-order valence-electron chi connectivity index (χ4n) is 2.40. The van der Waals surface area contributed by atoms with Gasteiger partial charge in [-0.25, -0.2) is 0 Å². The van der Waals surface area contributed by atoms with Gasteiger partial charge in [-0.2, -0.15) is 0 Å². The van der Waals surface area contributed by atoms with Crippen LogP contribution in [0, 0.1) is 0 Å². The Morgan fingerprint density at radius 3 is 2.50 bits per heavy atom. The average molecular weight is 302 g/mol. The molecule has 2 aromatic carbocycles. The van der Waals surface area contributed by atoms with Gasteiger partial charge in [0.25, 0.3) is 5.95 Å². The average Bonchev–Trinajstić information content (AvgIpc) is 2.48. The van der Waals surface area contributed by atoms with Gasteiger partial charge in [-0.15, -0.1) is 0 Å². The molecular formula is C16H14O6. The topological polar surface area (TPSA) is 99.4 Å². The number of aliphatic hydroxyl groups is 2. The second-order valence-corrected chi connectivity index (χ2v) is 4.83. The van der Waals surface area contributed by atoms with Crippen molar-refractivity contribution in [1.82, 2.24) is 0 Å². The monoisotopic (exact) mass is 302 g/mol. The van der Waals surface area contributed by atoms with Gasteiger partial charge in [-0.3, -0.25) is 0 Å². The summed E-state index contributed by atoms with van der Waals surface area (Å²) in [6, 6.07) is 8.65. The van der Waals surface area contributed by atoms with Crippen molar-refractivity contribution in [2.45, 2.75) is 6.10 Å². The van der Waals surface area contributed by atoms with Gasteiger partial charge in [-0.1, -0.05) is 0 Å². The molecule has 0 radical (unpaired) electrons. The number of benzene rings is 2. The van der Waals surface area contributed by atoms with E-state index in [0.717, 1.165) is 0 Å². The van der Waals surface area contributed by atoms with E-state index in [9.17, 15) is 20.4 Å². The molecule has 22 heavy (non-hydrogen) atoms. The molecule has 1 aliphatic heterocycles. The standard InChI is InChI=1S/C16H14O6/c1-21-9-3-5-10(12(18)7-9)14-15(19)11-4-2-8(17)6-13(11)22-16(14)20/h2-7,15,17-20H,1H3/t15-/m1/s1. The molecule has 0 aliphatic carbocycles. The Morgan fingerprint density at radius 2 is 1.82 bits per heavy atom. The van der Waals surface area contributed by atoms with E-state index < -0.39 is 12.0 Å². The van der Waals surface area contributed by atoms with Gasteiger partial charge in [0.1, 0.15) is 29.1 Å². The predicted molar refractivity (Wildman–Crippen MR) is 77.9 cm³/mol. The van der Waals surface area contributed by atoms with Crippen LogP contribution in [0.2, 0.25) is 0 Å². The van der Waals surface area contributed by atoms with Crippen LogP contribution < -0.4 is 9.47 Å². The van der Waals surface area contributed by atoms with E-state index in [1.165, 1.54) is 37.4 Å². The molecule has 6 nitrogen and oxygen atoms in total. The first kappa shape index (κ1) is 14.1. The number of methoxy groups -OCH3 is 1. The van der Waals surface area contributed by atoms with E-state index >= 15 is 0 Å². The van der Waals surface area contributed by atoms with Crippen molar-refractivity contribution in [3.63, 3.8) is 0 Å². The maximum absolute atomic E-state index is 10.5. The van der Waals surface area contributed by atoms with E-state index in [-0.39, 0.29) is 28.4 Å². The zero-order valence-electron chi connectivity index (χ0n) is 11.6. The minimum Gasteiger partial charge on any atom is -0.508 e. The molecular weight excluding hydrogens is 288 g/mol. The highest BCUT2D eigenvalue weighted by molar-refractivity contribution is 5.78. The Hall–Kier alpha value is -2.86. The van der Waals surface area contributed by atoms with Gasteiger partial charge >= 0.3 is 0 Å². The van der Waals surface area contributed by atoms with Crippen molar-refractivity contribution in [3.8, 4) is 23.0 Å². The summed E-state index contributed by atoms with van der Waals surface area (Å²) in [6.45, 7) is 0. The SMILES string of the molecule is COc1ccc(C2=C(O)Oc3cc(O)ccc3[C@H]2O)c(O)c1. The molecule has 114 valence electrons. The van der Waals surface area contributed by atoms with Crippen molar-refractivity contribution in [2.75, 3.05) is 7.11 Å². The quantitative estimate of drug-likeness (QED) is 0.680. The Bertz CT molecular complexity index is 765. The molecule has 0 saturated heterocycles. The minimum absolute atomic E-state index is 0.0401. The summed E-state index contributed by atoms with van der Waals surface area (Å²) in [4.78, 5) is 0. The zero-order chi connectivity index (χ0) is 15.9. The van der Waals surface area contributed by atoms with Crippen LogP contribution in [0.4, 0.5) is 0 Å². The van der Waals surface area contributed by atoms with E-state index in [1.807, 2.05) is 0 Å². The summed E-state index contributed by atoms with van der Waals surface area (Å²) in [6.07, 6.45) is -1.20. The summed E-state index contributed by atoms with van der Waals surface area (Å²) in [7, 11) is 1.46. The lowest BCUT2D eigenvalue weighted by Gasteiger charge is -2.25. The molecule has 0 saturated carbocycles. The first-order valence-electron chi connectivity index (χ1n) is 6.50. The van der Waals surface area contributed by atoms with Crippen LogP contribution in [0.5, 0.6) is 23.0 Å². The first-order chi connectivity index (χ1) is 10.5. The number of hydrogen-bond acceptors (Lipinski definition) is 6. The number of phenolic OH excluding ortho intramolecular Hbond substituents is 2. The number of aromatic hydroxyl groups is 2. The summed E-state index contributed by atoms with van der Waals surface area (Å²) in [5, 5.41) is 40.0. The van der Waals surface area contributed by atoms with Gasteiger partial charge in [-0.05, 0) is 24.3 Å². The summed E-state index contributed by atoms with van der Waals surface area (Å²) < 4.78 is 10.2. The molecule has 2 aromatic rings. The normalized spacial score (nSPS) is 16.9. The van der Waals surface area contributed by atoms with Crippen LogP contribution in [0.1, 0.15) is 17.2 Å². The second-order valence-electron chi connectivity index (χ2n) is 4.83. The molecule has 6 heteroatoms. The smallest absolute Gasteiger partial charge is 0.289 e. The Labute approximate surface area is 126 Å². The molecule has 0 bridgehead atoms. The van der Waals surface area contributed by atoms with Gasteiger partial charge in [0, 0.05) is 23.3 Å². The maximum atomic E-state index is 10.5. The van der Waals surface area contributed by atoms with Crippen molar-refractivity contribution >= 4 is 5.57 Å². The summed E-state index contributed by atoms with van der Waals surface area (Å²) in [5.74, 6) is -0.147. The third-order valence-electron chi connectivity index (χ3n) is 3.50. The lowest BCUT2D eigenvalue weighted by molar-refractivity contribution is 0.163. The largest absolute Gasteiger partial charge is 0.508 e. The van der Waals surface area contributed by atoms with Crippen LogP contribution in [-0.4, -0.2) is 27.5 Å². The molecule has 0 amide bonds. The van der Waals surface area contributed by atoms with Gasteiger partial charge in [0.15, 0.2) is 0 Å². The van der Waals surface area contributed by atoms with Crippen molar-refractivity contribution < 1.29 is 29.9 Å². The fraction of sp³-hybridized carbons (Fsp3) is 0.125. The molecule has 3 rings (SSSR count). The lowest BCUT2D eigenvalue weighted by Crippen LogP contribution is -2.14. The number of aliphatic hydroxyl groups excluding tert-OH is 2. The second kappa shape index (κ2) is 5.16. The molecule has 0 fully saturated rings. The fourth-order valence-corrected chi connectivity index (χ4v) is 2.40. The van der Waals surface area contributed by atoms with Crippen molar-refractivity contribution in [1.29, 1.82) is 0 Å². The molecule has 4 N–H and O–H groups in total. The first-order valence-corrected chi connectivity index (χ1v) is 6.50. The van der Waals surface area contributed by atoms with Crippen LogP contribution in [-0.2, 0) is 0 Å². The number of rotatable bonds is 2. The molecule has 1 heterocycles. The Balaban J connectivity index is 2.10. The summed E-state index contributed by atoms with van der Waals surface area (Å²) >= 11 is 0. The van der Waals surface area contributed by atoms with Crippen molar-refractivity contribution in [2.24, 2.45) is 0 Å².